The van der Waals surface area contributed by atoms with Gasteiger partial charge in [-0.25, -0.2) is 0 Å². The SMILES string of the molecule is c1ccc2c(c1)CCCC2NCCCOCC1CCCO1. The Kier molecular flexibility index (Phi) is 5.67. The van der Waals surface area contributed by atoms with Crippen molar-refractivity contribution in [3.05, 3.63) is 35.4 Å². The van der Waals surface area contributed by atoms with Gasteiger partial charge in [0.2, 0.25) is 0 Å². The van der Waals surface area contributed by atoms with Crippen LogP contribution < -0.4 is 5.32 Å². The van der Waals surface area contributed by atoms with E-state index in [1.54, 1.807) is 0 Å². The molecule has 1 aromatic rings. The Morgan fingerprint density at radius 3 is 3.05 bits per heavy atom. The molecule has 1 aliphatic carbocycles. The summed E-state index contributed by atoms with van der Waals surface area (Å²) in [6.07, 6.45) is 7.57. The molecule has 0 spiro atoms. The second kappa shape index (κ2) is 7.92. The van der Waals surface area contributed by atoms with E-state index in [2.05, 4.69) is 29.6 Å². The van der Waals surface area contributed by atoms with E-state index in [1.807, 2.05) is 0 Å². The van der Waals surface area contributed by atoms with Crippen LogP contribution >= 0.6 is 0 Å². The predicted octanol–water partition coefficient (Wildman–Crippen LogP) is 3.24. The number of benzene rings is 1. The van der Waals surface area contributed by atoms with E-state index in [0.29, 0.717) is 12.1 Å². The molecule has 1 fully saturated rings. The van der Waals surface area contributed by atoms with Gasteiger partial charge in [-0.05, 0) is 56.2 Å². The molecule has 2 atom stereocenters. The molecule has 2 aliphatic rings. The summed E-state index contributed by atoms with van der Waals surface area (Å²) < 4.78 is 11.3. The summed E-state index contributed by atoms with van der Waals surface area (Å²) in [5, 5.41) is 3.69. The minimum Gasteiger partial charge on any atom is -0.379 e. The summed E-state index contributed by atoms with van der Waals surface area (Å²) in [6.45, 7) is 3.55. The first-order valence-electron chi connectivity index (χ1n) is 8.44. The van der Waals surface area contributed by atoms with E-state index in [-0.39, 0.29) is 0 Å². The van der Waals surface area contributed by atoms with Crippen LogP contribution in [0.3, 0.4) is 0 Å². The fourth-order valence-corrected chi connectivity index (χ4v) is 3.41. The van der Waals surface area contributed by atoms with E-state index in [1.165, 1.54) is 36.8 Å². The molecule has 2 unspecified atom stereocenters. The van der Waals surface area contributed by atoms with Gasteiger partial charge in [0.1, 0.15) is 0 Å². The minimum atomic E-state index is 0.350. The second-order valence-corrected chi connectivity index (χ2v) is 6.16. The van der Waals surface area contributed by atoms with Crippen LogP contribution in [0, 0.1) is 0 Å². The Balaban J connectivity index is 1.32. The normalized spacial score (nSPS) is 25.0. The van der Waals surface area contributed by atoms with Crippen molar-refractivity contribution >= 4 is 0 Å². The topological polar surface area (TPSA) is 30.5 Å². The van der Waals surface area contributed by atoms with Crippen LogP contribution in [0.1, 0.15) is 49.3 Å². The minimum absolute atomic E-state index is 0.350. The molecule has 1 heterocycles. The lowest BCUT2D eigenvalue weighted by molar-refractivity contribution is 0.0165. The lowest BCUT2D eigenvalue weighted by atomic mass is 9.88. The molecule has 1 N–H and O–H groups in total. The third-order valence-corrected chi connectivity index (χ3v) is 4.55. The van der Waals surface area contributed by atoms with Crippen LogP contribution in [-0.4, -0.2) is 32.5 Å². The van der Waals surface area contributed by atoms with Crippen molar-refractivity contribution in [1.29, 1.82) is 0 Å². The highest BCUT2D eigenvalue weighted by molar-refractivity contribution is 5.32. The van der Waals surface area contributed by atoms with Gasteiger partial charge in [-0.1, -0.05) is 24.3 Å². The van der Waals surface area contributed by atoms with Gasteiger partial charge in [0.15, 0.2) is 0 Å². The van der Waals surface area contributed by atoms with Crippen LogP contribution in [0.5, 0.6) is 0 Å². The first-order chi connectivity index (χ1) is 10.4. The second-order valence-electron chi connectivity index (χ2n) is 6.16. The van der Waals surface area contributed by atoms with Gasteiger partial charge in [-0.2, -0.15) is 0 Å². The summed E-state index contributed by atoms with van der Waals surface area (Å²) in [7, 11) is 0. The van der Waals surface area contributed by atoms with Crippen molar-refractivity contribution in [2.24, 2.45) is 0 Å². The lowest BCUT2D eigenvalue weighted by Crippen LogP contribution is -2.27. The summed E-state index contributed by atoms with van der Waals surface area (Å²) in [5.41, 5.74) is 3.03. The van der Waals surface area contributed by atoms with Crippen molar-refractivity contribution in [2.75, 3.05) is 26.4 Å². The molecule has 0 saturated carbocycles. The zero-order chi connectivity index (χ0) is 14.3. The molecule has 3 rings (SSSR count). The van der Waals surface area contributed by atoms with Crippen LogP contribution in [-0.2, 0) is 15.9 Å². The van der Waals surface area contributed by atoms with Gasteiger partial charge in [0.05, 0.1) is 12.7 Å². The molecular weight excluding hydrogens is 262 g/mol. The van der Waals surface area contributed by atoms with Gasteiger partial charge in [0, 0.05) is 19.3 Å². The van der Waals surface area contributed by atoms with E-state index in [9.17, 15) is 0 Å². The molecule has 116 valence electrons. The zero-order valence-corrected chi connectivity index (χ0v) is 12.9. The average molecular weight is 289 g/mol. The lowest BCUT2D eigenvalue weighted by Gasteiger charge is -2.26. The number of hydrogen-bond acceptors (Lipinski definition) is 3. The zero-order valence-electron chi connectivity index (χ0n) is 12.9. The molecule has 0 bridgehead atoms. The summed E-state index contributed by atoms with van der Waals surface area (Å²) in [5.74, 6) is 0. The molecule has 0 radical (unpaired) electrons. The largest absolute Gasteiger partial charge is 0.379 e. The Morgan fingerprint density at radius 2 is 2.14 bits per heavy atom. The fraction of sp³-hybridized carbons (Fsp3) is 0.667. The van der Waals surface area contributed by atoms with Crippen molar-refractivity contribution in [3.63, 3.8) is 0 Å². The van der Waals surface area contributed by atoms with Gasteiger partial charge in [0.25, 0.3) is 0 Å². The number of aryl methyl sites for hydroxylation is 1. The first-order valence-corrected chi connectivity index (χ1v) is 8.44. The highest BCUT2D eigenvalue weighted by atomic mass is 16.5. The van der Waals surface area contributed by atoms with Gasteiger partial charge < -0.3 is 14.8 Å². The maximum absolute atomic E-state index is 5.71. The standard InChI is InChI=1S/C18H27NO2/c1-2-9-17-15(6-1)7-3-10-18(17)19-11-5-12-20-14-16-8-4-13-21-16/h1-2,6,9,16,18-19H,3-5,7-8,10-14H2. The number of ether oxygens (including phenoxy) is 2. The average Bonchev–Trinajstić information content (AvgIpc) is 3.04. The third-order valence-electron chi connectivity index (χ3n) is 4.55. The smallest absolute Gasteiger partial charge is 0.0809 e. The molecule has 3 heteroatoms. The van der Waals surface area contributed by atoms with Gasteiger partial charge >= 0.3 is 0 Å². The Hall–Kier alpha value is -0.900. The fourth-order valence-electron chi connectivity index (χ4n) is 3.41. The van der Waals surface area contributed by atoms with Crippen LogP contribution in [0.25, 0.3) is 0 Å². The Bertz CT molecular complexity index is 429. The van der Waals surface area contributed by atoms with Crippen molar-refractivity contribution < 1.29 is 9.47 Å². The quantitative estimate of drug-likeness (QED) is 0.782. The monoisotopic (exact) mass is 289 g/mol. The summed E-state index contributed by atoms with van der Waals surface area (Å²) in [6, 6.07) is 9.39. The molecular formula is C18H27NO2. The van der Waals surface area contributed by atoms with Crippen LogP contribution in [0.4, 0.5) is 0 Å². The number of fused-ring (bicyclic) bond motifs is 1. The maximum Gasteiger partial charge on any atom is 0.0809 e. The first kappa shape index (κ1) is 15.0. The molecule has 0 amide bonds. The number of rotatable bonds is 7. The van der Waals surface area contributed by atoms with Crippen molar-refractivity contribution in [2.45, 2.75) is 50.7 Å². The third kappa shape index (κ3) is 4.29. The van der Waals surface area contributed by atoms with Crippen LogP contribution in [0.15, 0.2) is 24.3 Å². The highest BCUT2D eigenvalue weighted by Crippen LogP contribution is 2.29. The predicted molar refractivity (Wildman–Crippen MR) is 84.5 cm³/mol. The Labute approximate surface area is 128 Å². The molecule has 3 nitrogen and oxygen atoms in total. The highest BCUT2D eigenvalue weighted by Gasteiger charge is 2.18. The van der Waals surface area contributed by atoms with E-state index < -0.39 is 0 Å². The molecule has 21 heavy (non-hydrogen) atoms. The van der Waals surface area contributed by atoms with E-state index in [4.69, 9.17) is 9.47 Å². The van der Waals surface area contributed by atoms with Crippen molar-refractivity contribution in [1.82, 2.24) is 5.32 Å². The van der Waals surface area contributed by atoms with E-state index >= 15 is 0 Å². The number of hydrogen-bond donors (Lipinski definition) is 1. The van der Waals surface area contributed by atoms with Crippen LogP contribution in [0.2, 0.25) is 0 Å². The summed E-state index contributed by atoms with van der Waals surface area (Å²) >= 11 is 0. The maximum atomic E-state index is 5.71. The Morgan fingerprint density at radius 1 is 1.19 bits per heavy atom. The van der Waals surface area contributed by atoms with Gasteiger partial charge in [-0.15, -0.1) is 0 Å². The van der Waals surface area contributed by atoms with Crippen molar-refractivity contribution in [3.8, 4) is 0 Å². The van der Waals surface area contributed by atoms with E-state index in [0.717, 1.165) is 39.2 Å². The van der Waals surface area contributed by atoms with Gasteiger partial charge in [-0.3, -0.25) is 0 Å². The molecule has 1 saturated heterocycles. The molecule has 1 aliphatic heterocycles. The molecule has 1 aromatic carbocycles. The summed E-state index contributed by atoms with van der Waals surface area (Å²) in [4.78, 5) is 0. The number of nitrogens with one attached hydrogen (secondary N) is 1. The molecule has 0 aromatic heterocycles.